The van der Waals surface area contributed by atoms with E-state index in [4.69, 9.17) is 16.7 Å². The molecule has 1 aromatic carbocycles. The third-order valence-electron chi connectivity index (χ3n) is 5.29. The second-order valence-electron chi connectivity index (χ2n) is 6.91. The smallest absolute Gasteiger partial charge is 0.306 e. The minimum Gasteiger partial charge on any atom is -0.481 e. The Hall–Kier alpha value is -1.55. The standard InChI is InChI=1S/C18H22ClNO3/c19-15-6-2-5-14(10-15)18(7-8-18)11-20-16(21)12-3-1-4-13(9-12)17(22)23/h2,5-6,10,12-13H,1,3-4,7-9,11H2,(H,20,21)(H,22,23). The minimum absolute atomic E-state index is 0.00394. The number of benzene rings is 1. The van der Waals surface area contributed by atoms with E-state index >= 15 is 0 Å². The first-order valence-corrected chi connectivity index (χ1v) is 8.64. The summed E-state index contributed by atoms with van der Waals surface area (Å²) < 4.78 is 0. The SMILES string of the molecule is O=C(O)C1CCCC(C(=O)NCC2(c3cccc(Cl)c3)CC2)C1. The summed E-state index contributed by atoms with van der Waals surface area (Å²) in [6.07, 6.45) is 4.86. The number of carbonyl (C=O) groups excluding carboxylic acids is 1. The number of carboxylic acid groups (broad SMARTS) is 1. The third-order valence-corrected chi connectivity index (χ3v) is 5.52. The Balaban J connectivity index is 1.58. The largest absolute Gasteiger partial charge is 0.481 e. The zero-order valence-electron chi connectivity index (χ0n) is 13.1. The number of carboxylic acids is 1. The van der Waals surface area contributed by atoms with Gasteiger partial charge in [-0.25, -0.2) is 0 Å². The van der Waals surface area contributed by atoms with Crippen LogP contribution in [0.25, 0.3) is 0 Å². The Morgan fingerprint density at radius 1 is 1.26 bits per heavy atom. The summed E-state index contributed by atoms with van der Waals surface area (Å²) in [7, 11) is 0. The molecule has 124 valence electrons. The van der Waals surface area contributed by atoms with E-state index in [1.807, 2.05) is 18.2 Å². The maximum Gasteiger partial charge on any atom is 0.306 e. The van der Waals surface area contributed by atoms with Gasteiger partial charge in [-0.3, -0.25) is 9.59 Å². The summed E-state index contributed by atoms with van der Waals surface area (Å²) in [6, 6.07) is 7.83. The lowest BCUT2D eigenvalue weighted by atomic mass is 9.81. The van der Waals surface area contributed by atoms with E-state index in [1.165, 1.54) is 5.56 Å². The number of carbonyl (C=O) groups is 2. The molecular weight excluding hydrogens is 314 g/mol. The van der Waals surface area contributed by atoms with Crippen LogP contribution in [0.2, 0.25) is 5.02 Å². The molecular formula is C18H22ClNO3. The number of hydrogen-bond donors (Lipinski definition) is 2. The average Bonchev–Trinajstić information content (AvgIpc) is 3.34. The molecule has 5 heteroatoms. The van der Waals surface area contributed by atoms with Crippen molar-refractivity contribution >= 4 is 23.5 Å². The van der Waals surface area contributed by atoms with Gasteiger partial charge in [0.15, 0.2) is 0 Å². The van der Waals surface area contributed by atoms with Crippen molar-refractivity contribution < 1.29 is 14.7 Å². The normalized spacial score (nSPS) is 25.6. The fourth-order valence-electron chi connectivity index (χ4n) is 3.59. The number of nitrogens with one attached hydrogen (secondary N) is 1. The minimum atomic E-state index is -0.778. The van der Waals surface area contributed by atoms with E-state index in [1.54, 1.807) is 0 Å². The summed E-state index contributed by atoms with van der Waals surface area (Å²) in [5.41, 5.74) is 1.19. The number of amides is 1. The molecule has 2 saturated carbocycles. The maximum atomic E-state index is 12.4. The van der Waals surface area contributed by atoms with E-state index in [-0.39, 0.29) is 23.2 Å². The average molecular weight is 336 g/mol. The van der Waals surface area contributed by atoms with Crippen molar-refractivity contribution in [2.24, 2.45) is 11.8 Å². The van der Waals surface area contributed by atoms with E-state index in [0.717, 1.165) is 30.7 Å². The summed E-state index contributed by atoms with van der Waals surface area (Å²) in [4.78, 5) is 23.5. The molecule has 0 aliphatic heterocycles. The van der Waals surface area contributed by atoms with Crippen LogP contribution in [0.5, 0.6) is 0 Å². The van der Waals surface area contributed by atoms with Gasteiger partial charge in [-0.05, 0) is 49.8 Å². The molecule has 2 fully saturated rings. The van der Waals surface area contributed by atoms with Crippen LogP contribution in [0.15, 0.2) is 24.3 Å². The second kappa shape index (κ2) is 6.52. The van der Waals surface area contributed by atoms with Gasteiger partial charge in [-0.1, -0.05) is 30.2 Å². The van der Waals surface area contributed by atoms with Gasteiger partial charge < -0.3 is 10.4 Å². The van der Waals surface area contributed by atoms with Gasteiger partial charge >= 0.3 is 5.97 Å². The lowest BCUT2D eigenvalue weighted by molar-refractivity contribution is -0.144. The Morgan fingerprint density at radius 3 is 2.65 bits per heavy atom. The Bertz CT molecular complexity index is 612. The van der Waals surface area contributed by atoms with E-state index in [0.29, 0.717) is 19.4 Å². The number of rotatable bonds is 5. The van der Waals surface area contributed by atoms with Crippen molar-refractivity contribution in [3.63, 3.8) is 0 Å². The van der Waals surface area contributed by atoms with Gasteiger partial charge in [-0.2, -0.15) is 0 Å². The molecule has 4 nitrogen and oxygen atoms in total. The molecule has 2 unspecified atom stereocenters. The van der Waals surface area contributed by atoms with Crippen LogP contribution in [0.1, 0.15) is 44.1 Å². The van der Waals surface area contributed by atoms with Crippen molar-refractivity contribution in [2.75, 3.05) is 6.54 Å². The first kappa shape index (κ1) is 16.3. The van der Waals surface area contributed by atoms with Crippen molar-refractivity contribution in [3.05, 3.63) is 34.9 Å². The molecule has 2 aliphatic rings. The summed E-state index contributed by atoms with van der Waals surface area (Å²) in [5.74, 6) is -1.31. The molecule has 2 N–H and O–H groups in total. The van der Waals surface area contributed by atoms with Gasteiger partial charge in [0.1, 0.15) is 0 Å². The highest BCUT2D eigenvalue weighted by molar-refractivity contribution is 6.30. The van der Waals surface area contributed by atoms with Crippen molar-refractivity contribution in [2.45, 2.75) is 43.9 Å². The summed E-state index contributed by atoms with van der Waals surface area (Å²) in [5, 5.41) is 12.9. The van der Waals surface area contributed by atoms with Crippen LogP contribution in [0.3, 0.4) is 0 Å². The quantitative estimate of drug-likeness (QED) is 0.866. The Labute approximate surface area is 141 Å². The molecule has 1 aromatic rings. The van der Waals surface area contributed by atoms with E-state index < -0.39 is 5.97 Å². The highest BCUT2D eigenvalue weighted by atomic mass is 35.5. The van der Waals surface area contributed by atoms with Crippen LogP contribution in [-0.2, 0) is 15.0 Å². The van der Waals surface area contributed by atoms with E-state index in [9.17, 15) is 9.59 Å². The topological polar surface area (TPSA) is 66.4 Å². The molecule has 2 aliphatic carbocycles. The van der Waals surface area contributed by atoms with Gasteiger partial charge in [-0.15, -0.1) is 0 Å². The lowest BCUT2D eigenvalue weighted by Gasteiger charge is -2.26. The number of hydrogen-bond acceptors (Lipinski definition) is 2. The zero-order chi connectivity index (χ0) is 16.4. The summed E-state index contributed by atoms with van der Waals surface area (Å²) >= 11 is 6.07. The zero-order valence-corrected chi connectivity index (χ0v) is 13.8. The van der Waals surface area contributed by atoms with Crippen LogP contribution in [0.4, 0.5) is 0 Å². The van der Waals surface area contributed by atoms with Gasteiger partial charge in [0.05, 0.1) is 5.92 Å². The monoisotopic (exact) mass is 335 g/mol. The van der Waals surface area contributed by atoms with Gasteiger partial charge in [0.2, 0.25) is 5.91 Å². The fraction of sp³-hybridized carbons (Fsp3) is 0.556. The van der Waals surface area contributed by atoms with Crippen molar-refractivity contribution in [1.82, 2.24) is 5.32 Å². The summed E-state index contributed by atoms with van der Waals surface area (Å²) in [6.45, 7) is 0.612. The molecule has 1 amide bonds. The van der Waals surface area contributed by atoms with Crippen LogP contribution in [0, 0.1) is 11.8 Å². The van der Waals surface area contributed by atoms with E-state index in [2.05, 4.69) is 11.4 Å². The first-order valence-electron chi connectivity index (χ1n) is 8.27. The Morgan fingerprint density at radius 2 is 2.00 bits per heavy atom. The molecule has 0 aromatic heterocycles. The highest BCUT2D eigenvalue weighted by Crippen LogP contribution is 2.48. The van der Waals surface area contributed by atoms with Crippen LogP contribution < -0.4 is 5.32 Å². The predicted molar refractivity (Wildman–Crippen MR) is 88.5 cm³/mol. The predicted octanol–water partition coefficient (Wildman–Crippen LogP) is 3.38. The molecule has 0 saturated heterocycles. The molecule has 0 bridgehead atoms. The third kappa shape index (κ3) is 3.69. The molecule has 3 rings (SSSR count). The molecule has 0 radical (unpaired) electrons. The van der Waals surface area contributed by atoms with Crippen LogP contribution >= 0.6 is 11.6 Å². The number of halogens is 1. The fourth-order valence-corrected chi connectivity index (χ4v) is 3.78. The maximum absolute atomic E-state index is 12.4. The van der Waals surface area contributed by atoms with Gasteiger partial charge in [0.25, 0.3) is 0 Å². The first-order chi connectivity index (χ1) is 11.0. The van der Waals surface area contributed by atoms with Crippen LogP contribution in [-0.4, -0.2) is 23.5 Å². The Kier molecular flexibility index (Phi) is 4.62. The van der Waals surface area contributed by atoms with Gasteiger partial charge in [0, 0.05) is 22.9 Å². The molecule has 2 atom stereocenters. The van der Waals surface area contributed by atoms with Crippen molar-refractivity contribution in [1.29, 1.82) is 0 Å². The molecule has 0 spiro atoms. The number of aliphatic carboxylic acids is 1. The molecule has 0 heterocycles. The van der Waals surface area contributed by atoms with Crippen molar-refractivity contribution in [3.8, 4) is 0 Å². The molecule has 23 heavy (non-hydrogen) atoms. The lowest BCUT2D eigenvalue weighted by Crippen LogP contribution is -2.39. The highest BCUT2D eigenvalue weighted by Gasteiger charge is 2.44. The second-order valence-corrected chi connectivity index (χ2v) is 7.34.